The summed E-state index contributed by atoms with van der Waals surface area (Å²) in [4.78, 5) is 11.7. The fraction of sp³-hybridized carbons (Fsp3) is 0.250. The molecule has 0 fully saturated rings. The number of methoxy groups -OCH3 is 1. The van der Waals surface area contributed by atoms with Crippen LogP contribution in [0.5, 0.6) is 0 Å². The second kappa shape index (κ2) is 4.48. The van der Waals surface area contributed by atoms with Gasteiger partial charge in [0.15, 0.2) is 0 Å². The van der Waals surface area contributed by atoms with Crippen LogP contribution in [-0.2, 0) is 9.53 Å². The van der Waals surface area contributed by atoms with Gasteiger partial charge in [0.2, 0.25) is 0 Å². The summed E-state index contributed by atoms with van der Waals surface area (Å²) >= 11 is 1.12. The number of hydrogen-bond acceptors (Lipinski definition) is 6. The van der Waals surface area contributed by atoms with Crippen molar-refractivity contribution in [2.45, 2.75) is 6.92 Å². The fourth-order valence-electron chi connectivity index (χ4n) is 0.750. The zero-order valence-corrected chi connectivity index (χ0v) is 8.46. The third-order valence-corrected chi connectivity index (χ3v) is 2.26. The van der Waals surface area contributed by atoms with Gasteiger partial charge in [0.25, 0.3) is 0 Å². The number of nitrogens with zero attached hydrogens (tertiary/aromatic N) is 3. The van der Waals surface area contributed by atoms with Gasteiger partial charge < -0.3 is 4.74 Å². The molecule has 0 spiro atoms. The predicted octanol–water partition coefficient (Wildman–Crippen LogP) is 0.926. The van der Waals surface area contributed by atoms with Crippen LogP contribution in [0.25, 0.3) is 6.08 Å². The van der Waals surface area contributed by atoms with E-state index >= 15 is 0 Å². The second-order valence-electron chi connectivity index (χ2n) is 2.38. The van der Waals surface area contributed by atoms with Crippen molar-refractivity contribution >= 4 is 23.6 Å². The lowest BCUT2D eigenvalue weighted by Gasteiger charge is -1.94. The largest absolute Gasteiger partial charge is 0.465 e. The number of esters is 1. The van der Waals surface area contributed by atoms with Gasteiger partial charge in [0.1, 0.15) is 11.6 Å². The summed E-state index contributed by atoms with van der Waals surface area (Å²) in [5.74, 6) is -0.653. The molecular weight excluding hydrogens is 202 g/mol. The molecule has 0 radical (unpaired) electrons. The number of rotatable bonds is 2. The van der Waals surface area contributed by atoms with Crippen LogP contribution in [0.3, 0.4) is 0 Å². The normalized spacial score (nSPS) is 10.8. The van der Waals surface area contributed by atoms with Crippen molar-refractivity contribution in [3.8, 4) is 6.07 Å². The minimum atomic E-state index is -0.653. The van der Waals surface area contributed by atoms with E-state index in [4.69, 9.17) is 5.26 Å². The molecule has 1 rings (SSSR count). The first-order valence-electron chi connectivity index (χ1n) is 3.68. The Morgan fingerprint density at radius 1 is 1.71 bits per heavy atom. The third-order valence-electron chi connectivity index (χ3n) is 1.49. The summed E-state index contributed by atoms with van der Waals surface area (Å²) in [5, 5.41) is 12.4. The molecule has 6 heteroatoms. The van der Waals surface area contributed by atoms with Gasteiger partial charge in [-0.15, -0.1) is 5.10 Å². The van der Waals surface area contributed by atoms with Crippen molar-refractivity contribution in [2.75, 3.05) is 7.11 Å². The first-order chi connectivity index (χ1) is 6.69. The Morgan fingerprint density at radius 2 is 2.43 bits per heavy atom. The molecule has 72 valence electrons. The van der Waals surface area contributed by atoms with Gasteiger partial charge in [-0.05, 0) is 24.5 Å². The number of carbonyl (C=O) groups is 1. The summed E-state index contributed by atoms with van der Waals surface area (Å²) in [6, 6.07) is 1.76. The Hall–Kier alpha value is -1.74. The van der Waals surface area contributed by atoms with Gasteiger partial charge in [-0.3, -0.25) is 0 Å². The molecule has 0 aliphatic rings. The van der Waals surface area contributed by atoms with E-state index < -0.39 is 5.97 Å². The van der Waals surface area contributed by atoms with Crippen molar-refractivity contribution < 1.29 is 9.53 Å². The zero-order chi connectivity index (χ0) is 10.6. The van der Waals surface area contributed by atoms with E-state index in [1.54, 1.807) is 13.0 Å². The van der Waals surface area contributed by atoms with Gasteiger partial charge in [-0.2, -0.15) is 5.26 Å². The Morgan fingerprint density at radius 3 is 2.86 bits per heavy atom. The average molecular weight is 209 g/mol. The molecule has 0 bridgehead atoms. The molecule has 1 heterocycles. The quantitative estimate of drug-likeness (QED) is 0.411. The van der Waals surface area contributed by atoms with Crippen LogP contribution in [0.2, 0.25) is 0 Å². The highest BCUT2D eigenvalue weighted by molar-refractivity contribution is 7.06. The van der Waals surface area contributed by atoms with Crippen molar-refractivity contribution in [2.24, 2.45) is 0 Å². The summed E-state index contributed by atoms with van der Waals surface area (Å²) in [7, 11) is 1.23. The molecule has 0 saturated heterocycles. The van der Waals surface area contributed by atoms with Gasteiger partial charge in [0.05, 0.1) is 17.7 Å². The van der Waals surface area contributed by atoms with E-state index in [1.807, 2.05) is 0 Å². The molecule has 0 N–H and O–H groups in total. The lowest BCUT2D eigenvalue weighted by atomic mass is 10.2. The molecule has 1 aromatic heterocycles. The van der Waals surface area contributed by atoms with E-state index in [0.29, 0.717) is 10.6 Å². The van der Waals surface area contributed by atoms with Crippen LogP contribution in [0.1, 0.15) is 10.6 Å². The highest BCUT2D eigenvalue weighted by atomic mass is 32.1. The Kier molecular flexibility index (Phi) is 3.31. The molecule has 0 saturated carbocycles. The molecule has 0 aliphatic carbocycles. The lowest BCUT2D eigenvalue weighted by Crippen LogP contribution is -2.02. The minimum absolute atomic E-state index is 0.0540. The smallest absolute Gasteiger partial charge is 0.348 e. The maximum atomic E-state index is 11.0. The van der Waals surface area contributed by atoms with Crippen molar-refractivity contribution in [3.63, 3.8) is 0 Å². The number of aryl methyl sites for hydroxylation is 1. The molecular formula is C8H7N3O2S. The highest BCUT2D eigenvalue weighted by Crippen LogP contribution is 2.14. The third kappa shape index (κ3) is 2.14. The van der Waals surface area contributed by atoms with E-state index in [0.717, 1.165) is 11.5 Å². The number of carbonyl (C=O) groups excluding carboxylic acids is 1. The first kappa shape index (κ1) is 10.3. The number of aromatic nitrogens is 2. The molecule has 0 atom stereocenters. The summed E-state index contributed by atoms with van der Waals surface area (Å²) in [6.07, 6.45) is 1.42. The SMILES string of the molecule is COC(=O)C(C#N)=Cc1snnc1C. The first-order valence-corrected chi connectivity index (χ1v) is 4.45. The molecule has 0 aliphatic heterocycles. The fourth-order valence-corrected chi connectivity index (χ4v) is 1.34. The van der Waals surface area contributed by atoms with Crippen LogP contribution in [0.15, 0.2) is 5.57 Å². The van der Waals surface area contributed by atoms with E-state index in [9.17, 15) is 4.79 Å². The molecule has 14 heavy (non-hydrogen) atoms. The van der Waals surface area contributed by atoms with Crippen LogP contribution in [-0.4, -0.2) is 22.7 Å². The maximum absolute atomic E-state index is 11.0. The van der Waals surface area contributed by atoms with E-state index in [2.05, 4.69) is 14.3 Å². The second-order valence-corrected chi connectivity index (χ2v) is 3.17. The monoisotopic (exact) mass is 209 g/mol. The van der Waals surface area contributed by atoms with Crippen LogP contribution in [0, 0.1) is 18.3 Å². The van der Waals surface area contributed by atoms with Crippen molar-refractivity contribution in [3.05, 3.63) is 16.1 Å². The van der Waals surface area contributed by atoms with E-state index in [-0.39, 0.29) is 5.57 Å². The van der Waals surface area contributed by atoms with Crippen LogP contribution < -0.4 is 0 Å². The maximum Gasteiger partial charge on any atom is 0.348 e. The summed E-state index contributed by atoms with van der Waals surface area (Å²) < 4.78 is 8.11. The van der Waals surface area contributed by atoms with Gasteiger partial charge >= 0.3 is 5.97 Å². The molecule has 1 aromatic rings. The van der Waals surface area contributed by atoms with Crippen LogP contribution in [0.4, 0.5) is 0 Å². The Labute approximate surface area is 84.8 Å². The number of ether oxygens (including phenoxy) is 1. The zero-order valence-electron chi connectivity index (χ0n) is 7.64. The van der Waals surface area contributed by atoms with E-state index in [1.165, 1.54) is 13.2 Å². The van der Waals surface area contributed by atoms with Crippen molar-refractivity contribution in [1.29, 1.82) is 5.26 Å². The highest BCUT2D eigenvalue weighted by Gasteiger charge is 2.10. The average Bonchev–Trinajstić information content (AvgIpc) is 2.59. The van der Waals surface area contributed by atoms with Gasteiger partial charge in [-0.1, -0.05) is 4.49 Å². The standard InChI is InChI=1S/C8H7N3O2S/c1-5-7(14-11-10-5)3-6(4-9)8(12)13-2/h3H,1-2H3. The lowest BCUT2D eigenvalue weighted by molar-refractivity contribution is -0.135. The predicted molar refractivity (Wildman–Crippen MR) is 50.3 cm³/mol. The topological polar surface area (TPSA) is 75.9 Å². The van der Waals surface area contributed by atoms with Gasteiger partial charge in [0, 0.05) is 0 Å². The summed E-state index contributed by atoms with van der Waals surface area (Å²) in [6.45, 7) is 1.75. The molecule has 0 unspecified atom stereocenters. The Balaban J connectivity index is 3.03. The minimum Gasteiger partial charge on any atom is -0.465 e. The van der Waals surface area contributed by atoms with Crippen molar-refractivity contribution in [1.82, 2.24) is 9.59 Å². The summed E-state index contributed by atoms with van der Waals surface area (Å²) in [5.41, 5.74) is 0.633. The molecule has 5 nitrogen and oxygen atoms in total. The number of hydrogen-bond donors (Lipinski definition) is 0. The number of nitriles is 1. The molecule has 0 amide bonds. The van der Waals surface area contributed by atoms with Gasteiger partial charge in [-0.25, -0.2) is 4.79 Å². The molecule has 0 aromatic carbocycles. The Bertz CT molecular complexity index is 416. The van der Waals surface area contributed by atoms with Crippen LogP contribution >= 0.6 is 11.5 Å².